The number of methoxy groups -OCH3 is 1. The number of carbonyl (C=O) groups is 7. The van der Waals surface area contributed by atoms with E-state index in [-0.39, 0.29) is 50.6 Å². The summed E-state index contributed by atoms with van der Waals surface area (Å²) in [5.74, 6) is -5.98. The van der Waals surface area contributed by atoms with Crippen molar-refractivity contribution in [3.63, 3.8) is 0 Å². The van der Waals surface area contributed by atoms with Gasteiger partial charge in [-0.05, 0) is 69.2 Å². The maximum Gasteiger partial charge on any atom is 0.335 e. The van der Waals surface area contributed by atoms with Gasteiger partial charge in [0.25, 0.3) is 11.8 Å². The number of carboxylic acids is 1. The van der Waals surface area contributed by atoms with Gasteiger partial charge in [-0.3, -0.25) is 33.7 Å². The largest absolute Gasteiger partial charge is 0.479 e. The summed E-state index contributed by atoms with van der Waals surface area (Å²) in [5, 5.41) is 57.2. The third kappa shape index (κ3) is 30.9. The normalized spacial score (nSPS) is 18.3. The van der Waals surface area contributed by atoms with E-state index in [1.54, 1.807) is 53.0 Å². The van der Waals surface area contributed by atoms with Gasteiger partial charge in [-0.15, -0.1) is 5.10 Å². The van der Waals surface area contributed by atoms with Crippen LogP contribution in [0, 0.1) is 11.3 Å². The first kappa shape index (κ1) is 81.4. The first-order valence-electron chi connectivity index (χ1n) is 32.1. The zero-order valence-corrected chi connectivity index (χ0v) is 55.8. The molecule has 32 heteroatoms. The van der Waals surface area contributed by atoms with E-state index < -0.39 is 108 Å². The van der Waals surface area contributed by atoms with Gasteiger partial charge in [-0.1, -0.05) is 32.1 Å². The van der Waals surface area contributed by atoms with E-state index in [9.17, 15) is 54.0 Å². The number of aliphatic hydroxyl groups is 3. The fourth-order valence-corrected chi connectivity index (χ4v) is 9.04. The Labute approximate surface area is 554 Å². The molecule has 2 aliphatic heterocycles. The van der Waals surface area contributed by atoms with E-state index in [2.05, 4.69) is 26.3 Å². The second-order valence-electron chi connectivity index (χ2n) is 23.0. The lowest BCUT2D eigenvalue weighted by atomic mass is 9.90. The lowest BCUT2D eigenvalue weighted by Gasteiger charge is -2.39. The topological polar surface area (TPSA) is 400 Å². The Balaban J connectivity index is 1.10. The van der Waals surface area contributed by atoms with Crippen molar-refractivity contribution in [3.05, 3.63) is 53.4 Å². The second kappa shape index (κ2) is 46.2. The molecule has 7 N–H and O–H groups in total. The van der Waals surface area contributed by atoms with Gasteiger partial charge in [0.15, 0.2) is 6.10 Å². The van der Waals surface area contributed by atoms with Crippen LogP contribution in [0.4, 0.5) is 5.69 Å². The van der Waals surface area contributed by atoms with Crippen LogP contribution in [-0.4, -0.2) is 283 Å². The summed E-state index contributed by atoms with van der Waals surface area (Å²) in [5.41, 5.74) is 0.588. The van der Waals surface area contributed by atoms with Crippen molar-refractivity contribution in [2.75, 3.05) is 164 Å². The molecule has 0 saturated carbocycles. The number of nitrogens with zero attached hydrogens (tertiary/aromatic N) is 4. The molecule has 538 valence electrons. The van der Waals surface area contributed by atoms with Crippen molar-refractivity contribution < 1.29 is 120 Å². The molecule has 8 atom stereocenters. The number of rotatable bonds is 54. The number of ether oxygens (including phenoxy) is 14. The quantitative estimate of drug-likeness (QED) is 0.0262. The smallest absolute Gasteiger partial charge is 0.335 e. The molecule has 95 heavy (non-hydrogen) atoms. The minimum atomic E-state index is -1.88. The zero-order valence-electron chi connectivity index (χ0n) is 55.8. The molecule has 0 unspecified atom stereocenters. The lowest BCUT2D eigenvalue weighted by Crippen LogP contribution is -2.59. The lowest BCUT2D eigenvalue weighted by molar-refractivity contribution is -0.228. The van der Waals surface area contributed by atoms with Crippen LogP contribution in [-0.2, 0) is 119 Å². The maximum absolute atomic E-state index is 13.8. The van der Waals surface area contributed by atoms with Crippen LogP contribution in [0.25, 0.3) is 0 Å². The predicted molar refractivity (Wildman–Crippen MR) is 335 cm³/mol. The average molecular weight is 1360 g/mol. The molecule has 0 radical (unpaired) electrons. The van der Waals surface area contributed by atoms with Gasteiger partial charge >= 0.3 is 11.9 Å². The number of hydrogen-bond acceptors (Lipinski definition) is 26. The van der Waals surface area contributed by atoms with E-state index >= 15 is 0 Å². The fourth-order valence-electron chi connectivity index (χ4n) is 9.04. The van der Waals surface area contributed by atoms with Crippen molar-refractivity contribution >= 4 is 47.2 Å². The highest BCUT2D eigenvalue weighted by Crippen LogP contribution is 2.29. The summed E-state index contributed by atoms with van der Waals surface area (Å²) in [6.07, 6.45) is -4.73. The molecule has 0 aliphatic carbocycles. The Bertz CT molecular complexity index is 2590. The number of aryl methyl sites for hydroxylation is 1. The van der Waals surface area contributed by atoms with Crippen LogP contribution in [0.2, 0.25) is 0 Å². The van der Waals surface area contributed by atoms with Crippen molar-refractivity contribution in [1.29, 1.82) is 0 Å². The number of imide groups is 1. The molecule has 1 aromatic carbocycles. The Morgan fingerprint density at radius 2 is 1.11 bits per heavy atom. The molecule has 2 aliphatic rings. The van der Waals surface area contributed by atoms with Crippen molar-refractivity contribution in [3.8, 4) is 0 Å². The SMILES string of the molecule is CCC(C)(C)C(=O)OCc1ccc(NC(=O)[C@H](C)NC(=O)[C@@H](NC(=O)C[C@@H](c2cn(CCOCCOCCOCCOCCOCCOCCOCCOCCOCCOCCOCCOC)nn2)N2C(=O)C=CC2=O)C(C)C)cc1CC[C@@H]1O[C@H](C(=O)O)[C@@H](O)[C@H](O)[C@H]1O. The zero-order chi connectivity index (χ0) is 69.4. The number of anilines is 1. The first-order valence-corrected chi connectivity index (χ1v) is 32.1. The van der Waals surface area contributed by atoms with Gasteiger partial charge in [0.2, 0.25) is 17.7 Å². The highest BCUT2D eigenvalue weighted by molar-refractivity contribution is 6.13. The number of esters is 1. The molecule has 3 heterocycles. The summed E-state index contributed by atoms with van der Waals surface area (Å²) in [7, 11) is 1.63. The number of aromatic nitrogens is 3. The molecule has 0 bridgehead atoms. The van der Waals surface area contributed by atoms with Gasteiger partial charge in [0, 0.05) is 24.9 Å². The first-order chi connectivity index (χ1) is 45.7. The summed E-state index contributed by atoms with van der Waals surface area (Å²) in [4.78, 5) is 92.8. The monoisotopic (exact) mass is 1360 g/mol. The van der Waals surface area contributed by atoms with Gasteiger partial charge in [-0.2, -0.15) is 0 Å². The second-order valence-corrected chi connectivity index (χ2v) is 23.0. The van der Waals surface area contributed by atoms with Gasteiger partial charge in [0.05, 0.1) is 189 Å². The fraction of sp³-hybridized carbons (Fsp3) is 0.730. The standard InChI is InChI=1S/C63H101N7O25/c1-8-63(5,6)62(81)94-42-46-9-11-47(39-45(46)10-12-50-55(74)56(75)57(76)58(95-50)61(79)80)65-59(77)44(4)64-60(78)54(43(2)3)66-51(71)40-49(70-52(72)13-14-53(70)73)48-41-69(68-67-48)15-16-83-19-20-85-23-24-87-27-28-89-31-32-91-35-36-93-38-37-92-34-33-90-30-29-88-26-25-86-22-21-84-18-17-82-7/h9,11,13-14,39,41,43-44,49-50,54-58,74-76H,8,10,12,15-38,40,42H2,1-7H3,(H,64,78)(H,65,77)(H,66,71)(H,79,80)/t44-,49-,50-,54-,55-,56+,57-,58-/m0/s1. The third-order valence-corrected chi connectivity index (χ3v) is 15.0. The van der Waals surface area contributed by atoms with E-state index in [1.165, 1.54) is 17.8 Å². The summed E-state index contributed by atoms with van der Waals surface area (Å²) < 4.78 is 78.0. The number of nitrogens with one attached hydrogen (secondary N) is 3. The molecule has 1 aromatic heterocycles. The molecule has 1 fully saturated rings. The Morgan fingerprint density at radius 3 is 1.56 bits per heavy atom. The van der Waals surface area contributed by atoms with Gasteiger partial charge < -0.3 is 103 Å². The number of amides is 5. The van der Waals surface area contributed by atoms with E-state index in [0.717, 1.165) is 17.1 Å². The number of aliphatic carboxylic acids is 1. The third-order valence-electron chi connectivity index (χ3n) is 15.0. The molecule has 32 nitrogen and oxygen atoms in total. The van der Waals surface area contributed by atoms with Gasteiger partial charge in [-0.25, -0.2) is 9.48 Å². The van der Waals surface area contributed by atoms with E-state index in [0.29, 0.717) is 156 Å². The minimum absolute atomic E-state index is 0.0593. The van der Waals surface area contributed by atoms with Crippen LogP contribution in [0.3, 0.4) is 0 Å². The number of hydrogen-bond donors (Lipinski definition) is 7. The minimum Gasteiger partial charge on any atom is -0.479 e. The van der Waals surface area contributed by atoms with Crippen LogP contribution in [0.5, 0.6) is 0 Å². The Hall–Kier alpha value is -6.05. The molecule has 1 saturated heterocycles. The molecule has 5 amide bonds. The van der Waals surface area contributed by atoms with E-state index in [1.807, 2.05) is 6.92 Å². The molecule has 4 rings (SSSR count). The summed E-state index contributed by atoms with van der Waals surface area (Å²) in [6.45, 7) is 20.0. The summed E-state index contributed by atoms with van der Waals surface area (Å²) in [6, 6.07) is 1.13. The molecular formula is C63H101N7O25. The van der Waals surface area contributed by atoms with Crippen LogP contribution in [0.15, 0.2) is 36.5 Å². The number of carboxylic acid groups (broad SMARTS) is 1. The average Bonchev–Trinajstić information content (AvgIpc) is 1.80. The molecular weight excluding hydrogens is 1250 g/mol. The van der Waals surface area contributed by atoms with Crippen molar-refractivity contribution in [2.24, 2.45) is 11.3 Å². The number of carbonyl (C=O) groups excluding carboxylic acids is 6. The summed E-state index contributed by atoms with van der Waals surface area (Å²) >= 11 is 0. The Morgan fingerprint density at radius 1 is 0.632 bits per heavy atom. The van der Waals surface area contributed by atoms with E-state index in [4.69, 9.17) is 66.3 Å². The van der Waals surface area contributed by atoms with Crippen LogP contribution >= 0.6 is 0 Å². The maximum atomic E-state index is 13.8. The van der Waals surface area contributed by atoms with Crippen LogP contribution < -0.4 is 16.0 Å². The Kier molecular flexibility index (Phi) is 39.6. The van der Waals surface area contributed by atoms with Crippen LogP contribution in [0.1, 0.15) is 83.7 Å². The predicted octanol–water partition coefficient (Wildman–Crippen LogP) is 0.0942. The van der Waals surface area contributed by atoms with Gasteiger partial charge in [0.1, 0.15) is 42.7 Å². The highest BCUT2D eigenvalue weighted by Gasteiger charge is 2.47. The molecule has 2 aromatic rings. The van der Waals surface area contributed by atoms with Crippen molar-refractivity contribution in [2.45, 2.75) is 129 Å². The number of aliphatic hydroxyl groups excluding tert-OH is 3. The van der Waals surface area contributed by atoms with Crippen molar-refractivity contribution in [1.82, 2.24) is 30.5 Å². The number of benzene rings is 1. The highest BCUT2D eigenvalue weighted by atomic mass is 16.6. The molecule has 0 spiro atoms.